The molecule has 0 aliphatic heterocycles. The van der Waals surface area contributed by atoms with Crippen molar-refractivity contribution in [2.45, 2.75) is 33.6 Å². The second-order valence-corrected chi connectivity index (χ2v) is 6.57. The first-order valence-corrected chi connectivity index (χ1v) is 6.63. The van der Waals surface area contributed by atoms with Gasteiger partial charge in [0.25, 0.3) is 5.12 Å². The molecule has 0 spiro atoms. The van der Waals surface area contributed by atoms with E-state index >= 15 is 0 Å². The average Bonchev–Trinajstić information content (AvgIpc) is 2.36. The van der Waals surface area contributed by atoms with Crippen LogP contribution >= 0.6 is 0 Å². The molecule has 2 unspecified atom stereocenters. The second-order valence-electron chi connectivity index (χ2n) is 5.25. The van der Waals surface area contributed by atoms with Crippen molar-refractivity contribution in [1.82, 2.24) is 0 Å². The minimum absolute atomic E-state index is 0.135. The standard InChI is InChI=1S/C10H16O6S/c1-9(2)6(7(11)12)4-5-10(9,3)8(13)17(14,15)16/h6H,4-5H2,1-3H3,(H,11,12)(H,14,15,16). The lowest BCUT2D eigenvalue weighted by atomic mass is 9.66. The number of rotatable bonds is 2. The maximum absolute atomic E-state index is 11.7. The Bertz CT molecular complexity index is 463. The predicted octanol–water partition coefficient (Wildman–Crippen LogP) is 0.928. The van der Waals surface area contributed by atoms with Gasteiger partial charge in [-0.05, 0) is 18.3 Å². The molecule has 1 aliphatic carbocycles. The van der Waals surface area contributed by atoms with Gasteiger partial charge in [0.15, 0.2) is 0 Å². The molecule has 0 heterocycles. The van der Waals surface area contributed by atoms with Crippen molar-refractivity contribution in [2.75, 3.05) is 0 Å². The van der Waals surface area contributed by atoms with Gasteiger partial charge in [0.1, 0.15) is 0 Å². The summed E-state index contributed by atoms with van der Waals surface area (Å²) in [6.45, 7) is 4.48. The number of hydrogen-bond acceptors (Lipinski definition) is 4. The van der Waals surface area contributed by atoms with Crippen LogP contribution in [0.2, 0.25) is 0 Å². The molecular formula is C10H16O6S. The van der Waals surface area contributed by atoms with E-state index in [4.69, 9.17) is 9.66 Å². The zero-order valence-electron chi connectivity index (χ0n) is 9.93. The zero-order valence-corrected chi connectivity index (χ0v) is 10.7. The first kappa shape index (κ1) is 14.1. The van der Waals surface area contributed by atoms with Crippen LogP contribution < -0.4 is 0 Å². The molecule has 0 aromatic rings. The van der Waals surface area contributed by atoms with Crippen LogP contribution in [0.1, 0.15) is 33.6 Å². The number of carboxylic acid groups (broad SMARTS) is 1. The highest BCUT2D eigenvalue weighted by molar-refractivity contribution is 8.01. The predicted molar refractivity (Wildman–Crippen MR) is 58.8 cm³/mol. The fraction of sp³-hybridized carbons (Fsp3) is 0.800. The molecule has 1 fully saturated rings. The van der Waals surface area contributed by atoms with Crippen LogP contribution in [0.4, 0.5) is 0 Å². The van der Waals surface area contributed by atoms with E-state index in [1.54, 1.807) is 13.8 Å². The molecule has 6 nitrogen and oxygen atoms in total. The smallest absolute Gasteiger partial charge is 0.329 e. The minimum atomic E-state index is -4.80. The summed E-state index contributed by atoms with van der Waals surface area (Å²) in [5.74, 6) is -1.85. The largest absolute Gasteiger partial charge is 0.481 e. The maximum atomic E-state index is 11.7. The quantitative estimate of drug-likeness (QED) is 0.718. The van der Waals surface area contributed by atoms with Gasteiger partial charge in [-0.2, -0.15) is 8.42 Å². The highest BCUT2D eigenvalue weighted by Crippen LogP contribution is 2.56. The van der Waals surface area contributed by atoms with Crippen molar-refractivity contribution < 1.29 is 27.7 Å². The highest BCUT2D eigenvalue weighted by atomic mass is 32.2. The molecule has 1 rings (SSSR count). The van der Waals surface area contributed by atoms with Gasteiger partial charge >= 0.3 is 16.1 Å². The van der Waals surface area contributed by atoms with E-state index in [1.165, 1.54) is 6.92 Å². The van der Waals surface area contributed by atoms with Crippen LogP contribution in [0.25, 0.3) is 0 Å². The van der Waals surface area contributed by atoms with Crippen LogP contribution in [-0.2, 0) is 19.7 Å². The number of carboxylic acids is 1. The third-order valence-electron chi connectivity index (χ3n) is 4.21. The van der Waals surface area contributed by atoms with Gasteiger partial charge in [0, 0.05) is 0 Å². The Morgan fingerprint density at radius 3 is 2.00 bits per heavy atom. The lowest BCUT2D eigenvalue weighted by molar-refractivity contribution is -0.147. The van der Waals surface area contributed by atoms with E-state index in [9.17, 15) is 18.0 Å². The monoisotopic (exact) mass is 264 g/mol. The molecule has 2 N–H and O–H groups in total. The van der Waals surface area contributed by atoms with Gasteiger partial charge in [-0.1, -0.05) is 20.8 Å². The normalized spacial score (nSPS) is 32.4. The maximum Gasteiger partial charge on any atom is 0.329 e. The summed E-state index contributed by atoms with van der Waals surface area (Å²) in [6, 6.07) is 0. The molecule has 98 valence electrons. The van der Waals surface area contributed by atoms with Crippen LogP contribution in [-0.4, -0.2) is 29.2 Å². The Morgan fingerprint density at radius 2 is 1.71 bits per heavy atom. The molecular weight excluding hydrogens is 248 g/mol. The van der Waals surface area contributed by atoms with Crippen molar-refractivity contribution in [3.63, 3.8) is 0 Å². The van der Waals surface area contributed by atoms with Gasteiger partial charge in [0.05, 0.1) is 11.3 Å². The number of hydrogen-bond donors (Lipinski definition) is 2. The van der Waals surface area contributed by atoms with Gasteiger partial charge < -0.3 is 5.11 Å². The fourth-order valence-electron chi connectivity index (χ4n) is 2.58. The summed E-state index contributed by atoms with van der Waals surface area (Å²) in [7, 11) is -4.80. The summed E-state index contributed by atoms with van der Waals surface area (Å²) in [5.41, 5.74) is -2.39. The molecule has 0 amide bonds. The zero-order chi connectivity index (χ0) is 13.6. The Morgan fingerprint density at radius 1 is 1.24 bits per heavy atom. The molecule has 0 saturated heterocycles. The topological polar surface area (TPSA) is 109 Å². The average molecular weight is 264 g/mol. The van der Waals surface area contributed by atoms with Crippen LogP contribution in [0, 0.1) is 16.7 Å². The van der Waals surface area contributed by atoms with Crippen LogP contribution in [0.3, 0.4) is 0 Å². The van der Waals surface area contributed by atoms with Gasteiger partial charge in [-0.15, -0.1) is 0 Å². The van der Waals surface area contributed by atoms with Crippen molar-refractivity contribution in [3.8, 4) is 0 Å². The Labute approximate surface area is 99.8 Å². The van der Waals surface area contributed by atoms with E-state index in [2.05, 4.69) is 0 Å². The van der Waals surface area contributed by atoms with Crippen LogP contribution in [0.15, 0.2) is 0 Å². The fourth-order valence-corrected chi connectivity index (χ4v) is 3.52. The summed E-state index contributed by atoms with van der Waals surface area (Å²) in [4.78, 5) is 22.8. The van der Waals surface area contributed by atoms with E-state index in [1.807, 2.05) is 0 Å². The van der Waals surface area contributed by atoms with Gasteiger partial charge in [0.2, 0.25) is 0 Å². The number of carbonyl (C=O) groups excluding carboxylic acids is 1. The summed E-state index contributed by atoms with van der Waals surface area (Å²) >= 11 is 0. The molecule has 0 bridgehead atoms. The lowest BCUT2D eigenvalue weighted by Crippen LogP contribution is -2.45. The highest BCUT2D eigenvalue weighted by Gasteiger charge is 2.60. The van der Waals surface area contributed by atoms with Crippen LogP contribution in [0.5, 0.6) is 0 Å². The summed E-state index contributed by atoms with van der Waals surface area (Å²) < 4.78 is 30.7. The SMILES string of the molecule is CC1(C(=O)S(=O)(=O)O)CCC(C(=O)O)C1(C)C. The van der Waals surface area contributed by atoms with E-state index in [-0.39, 0.29) is 12.8 Å². The van der Waals surface area contributed by atoms with E-state index < -0.39 is 38.0 Å². The molecule has 0 aromatic heterocycles. The van der Waals surface area contributed by atoms with E-state index in [0.29, 0.717) is 0 Å². The van der Waals surface area contributed by atoms with Gasteiger partial charge in [-0.25, -0.2) is 0 Å². The molecule has 0 radical (unpaired) electrons. The third-order valence-corrected chi connectivity index (χ3v) is 5.13. The molecule has 1 saturated carbocycles. The first-order valence-electron chi connectivity index (χ1n) is 5.19. The van der Waals surface area contributed by atoms with Gasteiger partial charge in [-0.3, -0.25) is 14.1 Å². The van der Waals surface area contributed by atoms with Crippen molar-refractivity contribution >= 4 is 21.2 Å². The first-order chi connectivity index (χ1) is 7.44. The Kier molecular flexibility index (Phi) is 3.13. The molecule has 2 atom stereocenters. The van der Waals surface area contributed by atoms with E-state index in [0.717, 1.165) is 0 Å². The summed E-state index contributed by atoms with van der Waals surface area (Å²) in [5, 5.41) is 7.75. The molecule has 7 heteroatoms. The second kappa shape index (κ2) is 3.78. The number of aliphatic carboxylic acids is 1. The minimum Gasteiger partial charge on any atom is -0.481 e. The number of carbonyl (C=O) groups is 2. The lowest BCUT2D eigenvalue weighted by Gasteiger charge is -2.37. The Hall–Kier alpha value is -0.950. The Balaban J connectivity index is 3.25. The molecule has 0 aromatic carbocycles. The third kappa shape index (κ3) is 1.97. The summed E-state index contributed by atoms with van der Waals surface area (Å²) in [6.07, 6.45) is 0.357. The molecule has 1 aliphatic rings. The van der Waals surface area contributed by atoms with Crippen molar-refractivity contribution in [3.05, 3.63) is 0 Å². The molecule has 17 heavy (non-hydrogen) atoms. The van der Waals surface area contributed by atoms with Crippen molar-refractivity contribution in [1.29, 1.82) is 0 Å². The van der Waals surface area contributed by atoms with Crippen molar-refractivity contribution in [2.24, 2.45) is 16.7 Å².